The van der Waals surface area contributed by atoms with Crippen molar-refractivity contribution in [2.45, 2.75) is 51.7 Å². The van der Waals surface area contributed by atoms with Crippen molar-refractivity contribution in [3.05, 3.63) is 17.8 Å². The first-order valence-corrected chi connectivity index (χ1v) is 10.7. The van der Waals surface area contributed by atoms with Gasteiger partial charge in [-0.15, -0.1) is 0 Å². The number of halogens is 2. The van der Waals surface area contributed by atoms with E-state index in [1.165, 1.54) is 12.3 Å². The van der Waals surface area contributed by atoms with Crippen LogP contribution in [0, 0.1) is 0 Å². The molecule has 4 heterocycles. The molecule has 2 atom stereocenters. The lowest BCUT2D eigenvalue weighted by Crippen LogP contribution is -2.54. The summed E-state index contributed by atoms with van der Waals surface area (Å²) in [7, 11) is 0. The van der Waals surface area contributed by atoms with Gasteiger partial charge in [-0.1, -0.05) is 0 Å². The summed E-state index contributed by atoms with van der Waals surface area (Å²) < 4.78 is 39.0. The lowest BCUT2D eigenvalue weighted by Gasteiger charge is -2.43. The van der Waals surface area contributed by atoms with Gasteiger partial charge >= 0.3 is 0 Å². The lowest BCUT2D eigenvalue weighted by atomic mass is 10.0. The van der Waals surface area contributed by atoms with Gasteiger partial charge in [0.2, 0.25) is 11.9 Å². The number of hydrogen-bond donors (Lipinski definition) is 1. The molecule has 32 heavy (non-hydrogen) atoms. The van der Waals surface area contributed by atoms with E-state index in [0.717, 1.165) is 0 Å². The maximum absolute atomic E-state index is 13.8. The minimum Gasteiger partial charge on any atom is -0.383 e. The minimum atomic E-state index is -2.75. The van der Waals surface area contributed by atoms with Crippen LogP contribution in [0.3, 0.4) is 0 Å². The third-order valence-corrected chi connectivity index (χ3v) is 5.87. The fraction of sp³-hybridized carbons (Fsp3) is 0.619. The van der Waals surface area contributed by atoms with Crippen molar-refractivity contribution >= 4 is 17.7 Å². The number of nitrogens with zero attached hydrogens (tertiary/aromatic N) is 6. The minimum absolute atomic E-state index is 0.000337. The van der Waals surface area contributed by atoms with Gasteiger partial charge in [0.25, 0.3) is 6.43 Å². The van der Waals surface area contributed by atoms with Gasteiger partial charge in [0.05, 0.1) is 49.6 Å². The molecule has 0 unspecified atom stereocenters. The van der Waals surface area contributed by atoms with Gasteiger partial charge in [-0.3, -0.25) is 0 Å². The number of alkyl halides is 2. The molecule has 11 heteroatoms. The quantitative estimate of drug-likeness (QED) is 0.755. The highest BCUT2D eigenvalue weighted by atomic mass is 19.3. The Bertz CT molecular complexity index is 945. The second-order valence-electron chi connectivity index (χ2n) is 8.88. The number of nitrogens with two attached hydrogens (primary N) is 1. The molecule has 2 N–H and O–H groups in total. The van der Waals surface area contributed by atoms with Crippen LogP contribution in [0.1, 0.15) is 39.7 Å². The van der Waals surface area contributed by atoms with Crippen molar-refractivity contribution in [1.82, 2.24) is 19.9 Å². The number of aromatic nitrogens is 4. The molecule has 4 rings (SSSR count). The fourth-order valence-electron chi connectivity index (χ4n) is 4.25. The van der Waals surface area contributed by atoms with E-state index in [2.05, 4.69) is 15.0 Å². The van der Waals surface area contributed by atoms with Crippen LogP contribution in [0.2, 0.25) is 0 Å². The van der Waals surface area contributed by atoms with Crippen LogP contribution in [-0.2, 0) is 9.47 Å². The van der Waals surface area contributed by atoms with Gasteiger partial charge in [0.1, 0.15) is 5.82 Å². The number of pyridine rings is 1. The van der Waals surface area contributed by atoms with Gasteiger partial charge in [-0.05, 0) is 33.8 Å². The second-order valence-corrected chi connectivity index (χ2v) is 8.88. The predicted molar refractivity (Wildman–Crippen MR) is 117 cm³/mol. The van der Waals surface area contributed by atoms with Crippen molar-refractivity contribution in [3.8, 4) is 11.4 Å². The van der Waals surface area contributed by atoms with E-state index in [1.807, 2.05) is 37.5 Å². The van der Waals surface area contributed by atoms with Crippen LogP contribution in [0.15, 0.2) is 12.3 Å². The number of morpholine rings is 2. The second kappa shape index (κ2) is 8.70. The Hall–Kier alpha value is -2.66. The molecule has 0 saturated carbocycles. The smallest absolute Gasteiger partial charge is 0.264 e. The molecule has 0 spiro atoms. The monoisotopic (exact) mass is 449 g/mol. The van der Waals surface area contributed by atoms with Crippen molar-refractivity contribution in [2.75, 3.05) is 48.5 Å². The maximum Gasteiger partial charge on any atom is 0.264 e. The predicted octanol–water partition coefficient (Wildman–Crippen LogP) is 2.68. The van der Waals surface area contributed by atoms with E-state index >= 15 is 0 Å². The number of ether oxygens (including phenoxy) is 2. The molecule has 2 fully saturated rings. The normalized spacial score (nSPS) is 23.6. The number of hydrogen-bond acceptors (Lipinski definition) is 9. The molecule has 0 amide bonds. The zero-order valence-corrected chi connectivity index (χ0v) is 18.8. The molecule has 0 aliphatic carbocycles. The summed E-state index contributed by atoms with van der Waals surface area (Å²) in [6.07, 6.45) is -1.49. The molecular weight excluding hydrogens is 420 g/mol. The van der Waals surface area contributed by atoms with Crippen LogP contribution in [0.5, 0.6) is 0 Å². The molecular formula is C21H29F2N7O2. The molecule has 2 saturated heterocycles. The van der Waals surface area contributed by atoms with Crippen LogP contribution in [-0.4, -0.2) is 70.5 Å². The largest absolute Gasteiger partial charge is 0.383 e. The highest BCUT2D eigenvalue weighted by Crippen LogP contribution is 2.35. The van der Waals surface area contributed by atoms with Gasteiger partial charge < -0.3 is 25.0 Å². The SMILES string of the molecule is C[C@@H]1COC[C@H](C)N1c1nc(-c2c(C(F)F)ccnc2N)nc(N2CCOCC2(C)C)n1. The molecule has 2 aromatic rings. The fourth-order valence-corrected chi connectivity index (χ4v) is 4.25. The van der Waals surface area contributed by atoms with Gasteiger partial charge in [-0.2, -0.15) is 15.0 Å². The lowest BCUT2D eigenvalue weighted by molar-refractivity contribution is 0.0632. The van der Waals surface area contributed by atoms with Crippen molar-refractivity contribution in [2.24, 2.45) is 0 Å². The van der Waals surface area contributed by atoms with Gasteiger partial charge in [0, 0.05) is 18.3 Å². The summed E-state index contributed by atoms with van der Waals surface area (Å²) in [5.41, 5.74) is 5.43. The van der Waals surface area contributed by atoms with Crippen LogP contribution < -0.4 is 15.5 Å². The van der Waals surface area contributed by atoms with E-state index in [1.54, 1.807) is 0 Å². The molecule has 0 aromatic carbocycles. The molecule has 0 radical (unpaired) electrons. The molecule has 2 aromatic heterocycles. The average Bonchev–Trinajstić information content (AvgIpc) is 2.73. The summed E-state index contributed by atoms with van der Waals surface area (Å²) >= 11 is 0. The van der Waals surface area contributed by atoms with E-state index in [9.17, 15) is 8.78 Å². The third-order valence-electron chi connectivity index (χ3n) is 5.87. The Morgan fingerprint density at radius 2 is 1.78 bits per heavy atom. The molecule has 9 nitrogen and oxygen atoms in total. The summed E-state index contributed by atoms with van der Waals surface area (Å²) in [6, 6.07) is 1.25. The maximum atomic E-state index is 13.8. The highest BCUT2D eigenvalue weighted by molar-refractivity contribution is 5.73. The van der Waals surface area contributed by atoms with Crippen LogP contribution >= 0.6 is 0 Å². The Morgan fingerprint density at radius 1 is 1.09 bits per heavy atom. The summed E-state index contributed by atoms with van der Waals surface area (Å²) in [5, 5.41) is 0. The third kappa shape index (κ3) is 4.18. The Kier molecular flexibility index (Phi) is 6.13. The number of rotatable bonds is 4. The van der Waals surface area contributed by atoms with E-state index < -0.39 is 6.43 Å². The van der Waals surface area contributed by atoms with E-state index in [4.69, 9.17) is 20.2 Å². The average molecular weight is 450 g/mol. The highest BCUT2D eigenvalue weighted by Gasteiger charge is 2.35. The summed E-state index contributed by atoms with van der Waals surface area (Å²) in [6.45, 7) is 10.7. The zero-order valence-electron chi connectivity index (χ0n) is 18.8. The van der Waals surface area contributed by atoms with Crippen LogP contribution in [0.25, 0.3) is 11.4 Å². The molecule has 2 aliphatic heterocycles. The van der Waals surface area contributed by atoms with Gasteiger partial charge in [-0.25, -0.2) is 13.8 Å². The van der Waals surface area contributed by atoms with Crippen LogP contribution in [0.4, 0.5) is 26.5 Å². The topological polar surface area (TPSA) is 103 Å². The molecule has 174 valence electrons. The van der Waals surface area contributed by atoms with E-state index in [-0.39, 0.29) is 40.4 Å². The number of nitrogen functional groups attached to an aromatic ring is 1. The molecule has 0 bridgehead atoms. The molecule has 2 aliphatic rings. The van der Waals surface area contributed by atoms with Crippen molar-refractivity contribution in [3.63, 3.8) is 0 Å². The number of anilines is 3. The van der Waals surface area contributed by atoms with Crippen molar-refractivity contribution < 1.29 is 18.3 Å². The first kappa shape index (κ1) is 22.5. The first-order chi connectivity index (χ1) is 15.2. The van der Waals surface area contributed by atoms with Crippen molar-refractivity contribution in [1.29, 1.82) is 0 Å². The Balaban J connectivity index is 1.91. The summed E-state index contributed by atoms with van der Waals surface area (Å²) in [5.74, 6) is 0.834. The Morgan fingerprint density at radius 3 is 2.44 bits per heavy atom. The first-order valence-electron chi connectivity index (χ1n) is 10.7. The van der Waals surface area contributed by atoms with Gasteiger partial charge in [0.15, 0.2) is 5.82 Å². The van der Waals surface area contributed by atoms with E-state index in [0.29, 0.717) is 44.9 Å². The summed E-state index contributed by atoms with van der Waals surface area (Å²) in [4.78, 5) is 22.1. The Labute approximate surface area is 186 Å². The standard InChI is InChI=1S/C21H29F2N7O2/c1-12-9-32-10-13(2)30(12)20-27-18(15-14(16(22)23)5-6-25-17(15)24)26-19(28-20)29-7-8-31-11-21(29,3)4/h5-6,12-13,16H,7-11H2,1-4H3,(H2,24,25)/t12-,13+. The zero-order chi connectivity index (χ0) is 23.0.